The van der Waals surface area contributed by atoms with Gasteiger partial charge >= 0.3 is 0 Å². The molecule has 25 heavy (non-hydrogen) atoms. The largest absolute Gasteiger partial charge is 0.497 e. The van der Waals surface area contributed by atoms with Crippen LogP contribution in [0.4, 0.5) is 0 Å². The zero-order valence-corrected chi connectivity index (χ0v) is 15.1. The van der Waals surface area contributed by atoms with Gasteiger partial charge in [0, 0.05) is 12.1 Å². The molecule has 0 bridgehead atoms. The summed E-state index contributed by atoms with van der Waals surface area (Å²) in [6.45, 7) is 0. The summed E-state index contributed by atoms with van der Waals surface area (Å²) in [6.07, 6.45) is 1.56. The monoisotopic (exact) mass is 378 g/mol. The predicted molar refractivity (Wildman–Crippen MR) is 99.0 cm³/mol. The van der Waals surface area contributed by atoms with Crippen molar-refractivity contribution in [1.29, 1.82) is 0 Å². The van der Waals surface area contributed by atoms with Gasteiger partial charge in [-0.05, 0) is 42.0 Å². The molecule has 2 aromatic carbocycles. The van der Waals surface area contributed by atoms with Gasteiger partial charge < -0.3 is 15.4 Å². The van der Waals surface area contributed by atoms with Crippen LogP contribution in [-0.2, 0) is 4.79 Å². The molecule has 2 rings (SSSR count). The smallest absolute Gasteiger partial charge is 0.267 e. The van der Waals surface area contributed by atoms with Crippen molar-refractivity contribution in [3.8, 4) is 5.75 Å². The number of nitrogens with one attached hydrogen (secondary N) is 2. The highest BCUT2D eigenvalue weighted by molar-refractivity contribution is 6.36. The van der Waals surface area contributed by atoms with Gasteiger partial charge in [0.25, 0.3) is 11.8 Å². The van der Waals surface area contributed by atoms with Crippen molar-refractivity contribution in [1.82, 2.24) is 10.6 Å². The van der Waals surface area contributed by atoms with E-state index in [1.54, 1.807) is 43.5 Å². The number of ether oxygens (including phenoxy) is 1. The number of hydrogen-bond acceptors (Lipinski definition) is 3. The van der Waals surface area contributed by atoms with Crippen LogP contribution < -0.4 is 15.4 Å². The summed E-state index contributed by atoms with van der Waals surface area (Å²) in [5.41, 5.74) is 1.03. The minimum absolute atomic E-state index is 0.0867. The Hall–Kier alpha value is -2.50. The van der Waals surface area contributed by atoms with E-state index < -0.39 is 11.8 Å². The molecule has 2 aromatic rings. The minimum atomic E-state index is -0.509. The maximum atomic E-state index is 12.4. The van der Waals surface area contributed by atoms with E-state index in [-0.39, 0.29) is 16.3 Å². The van der Waals surface area contributed by atoms with Crippen LogP contribution in [0.15, 0.2) is 48.2 Å². The number of benzene rings is 2. The number of carbonyl (C=O) groups is 2. The first kappa shape index (κ1) is 18.8. The lowest BCUT2D eigenvalue weighted by Gasteiger charge is -2.10. The second-order valence-corrected chi connectivity index (χ2v) is 5.83. The Balaban J connectivity index is 2.29. The molecule has 0 aliphatic heterocycles. The van der Waals surface area contributed by atoms with Crippen LogP contribution in [0.25, 0.3) is 6.08 Å². The molecule has 5 nitrogen and oxygen atoms in total. The van der Waals surface area contributed by atoms with Crippen LogP contribution >= 0.6 is 23.2 Å². The van der Waals surface area contributed by atoms with E-state index in [4.69, 9.17) is 27.9 Å². The van der Waals surface area contributed by atoms with E-state index in [2.05, 4.69) is 10.6 Å². The summed E-state index contributed by atoms with van der Waals surface area (Å²) in [7, 11) is 3.04. The molecule has 0 unspecified atom stereocenters. The average Bonchev–Trinajstić information content (AvgIpc) is 2.60. The van der Waals surface area contributed by atoms with Crippen LogP contribution in [0.2, 0.25) is 10.0 Å². The maximum Gasteiger partial charge on any atom is 0.267 e. The van der Waals surface area contributed by atoms with Crippen LogP contribution in [0.1, 0.15) is 15.9 Å². The van der Waals surface area contributed by atoms with Crippen LogP contribution in [0.5, 0.6) is 5.75 Å². The van der Waals surface area contributed by atoms with Crippen LogP contribution in [0.3, 0.4) is 0 Å². The number of halogens is 2. The normalized spacial score (nSPS) is 11.0. The molecule has 0 atom stereocenters. The zero-order valence-electron chi connectivity index (χ0n) is 13.6. The van der Waals surface area contributed by atoms with Crippen molar-refractivity contribution in [2.45, 2.75) is 0 Å². The van der Waals surface area contributed by atoms with Gasteiger partial charge in [-0.2, -0.15) is 0 Å². The number of hydrogen-bond donors (Lipinski definition) is 2. The average molecular weight is 379 g/mol. The standard InChI is InChI=1S/C18H16Cl2N2O3/c1-21-18(24)16(9-11-3-6-13(25-2)7-4-11)22-17(23)14-8-5-12(19)10-15(14)20/h3-10H,1-2H3,(H,21,24)(H,22,23). The maximum absolute atomic E-state index is 12.4. The van der Waals surface area contributed by atoms with E-state index >= 15 is 0 Å². The summed E-state index contributed by atoms with van der Waals surface area (Å²) in [6, 6.07) is 11.6. The lowest BCUT2D eigenvalue weighted by molar-refractivity contribution is -0.117. The Morgan fingerprint density at radius 2 is 1.76 bits per heavy atom. The summed E-state index contributed by atoms with van der Waals surface area (Å²) < 4.78 is 5.09. The van der Waals surface area contributed by atoms with E-state index in [1.807, 2.05) is 0 Å². The second kappa shape index (κ2) is 8.55. The topological polar surface area (TPSA) is 67.4 Å². The lowest BCUT2D eigenvalue weighted by Crippen LogP contribution is -2.33. The number of methoxy groups -OCH3 is 1. The molecule has 0 radical (unpaired) electrons. The van der Waals surface area contributed by atoms with Crippen molar-refractivity contribution >= 4 is 41.1 Å². The first-order valence-electron chi connectivity index (χ1n) is 7.29. The van der Waals surface area contributed by atoms with Crippen molar-refractivity contribution in [2.75, 3.05) is 14.2 Å². The molecule has 0 spiro atoms. The highest BCUT2D eigenvalue weighted by Gasteiger charge is 2.16. The van der Waals surface area contributed by atoms with Gasteiger partial charge in [-0.1, -0.05) is 35.3 Å². The van der Waals surface area contributed by atoms with Crippen LogP contribution in [-0.4, -0.2) is 26.0 Å². The van der Waals surface area contributed by atoms with Gasteiger partial charge in [0.15, 0.2) is 0 Å². The molecule has 2 amide bonds. The highest BCUT2D eigenvalue weighted by Crippen LogP contribution is 2.21. The molecule has 0 saturated carbocycles. The van der Waals surface area contributed by atoms with Crippen molar-refractivity contribution in [3.05, 3.63) is 69.3 Å². The third kappa shape index (κ3) is 4.98. The Kier molecular flexibility index (Phi) is 6.44. The number of rotatable bonds is 5. The molecule has 130 valence electrons. The van der Waals surface area contributed by atoms with Gasteiger partial charge in [-0.3, -0.25) is 9.59 Å². The van der Waals surface area contributed by atoms with Gasteiger partial charge in [0.2, 0.25) is 0 Å². The predicted octanol–water partition coefficient (Wildman–Crippen LogP) is 3.52. The van der Waals surface area contributed by atoms with Crippen molar-refractivity contribution in [3.63, 3.8) is 0 Å². The Labute approximate surface area is 155 Å². The summed E-state index contributed by atoms with van der Waals surface area (Å²) in [4.78, 5) is 24.5. The lowest BCUT2D eigenvalue weighted by atomic mass is 10.1. The summed E-state index contributed by atoms with van der Waals surface area (Å²) >= 11 is 11.9. The molecular weight excluding hydrogens is 363 g/mol. The number of amides is 2. The molecule has 0 fully saturated rings. The Morgan fingerprint density at radius 1 is 1.08 bits per heavy atom. The fourth-order valence-electron chi connectivity index (χ4n) is 2.02. The van der Waals surface area contributed by atoms with E-state index in [0.717, 1.165) is 5.56 Å². The molecule has 0 aliphatic carbocycles. The van der Waals surface area contributed by atoms with Crippen molar-refractivity contribution in [2.24, 2.45) is 0 Å². The van der Waals surface area contributed by atoms with Gasteiger partial charge in [0.05, 0.1) is 17.7 Å². The molecule has 2 N–H and O–H groups in total. The fraction of sp³-hybridized carbons (Fsp3) is 0.111. The molecular formula is C18H16Cl2N2O3. The van der Waals surface area contributed by atoms with E-state index in [9.17, 15) is 9.59 Å². The molecule has 7 heteroatoms. The van der Waals surface area contributed by atoms with Crippen LogP contribution in [0, 0.1) is 0 Å². The quantitative estimate of drug-likeness (QED) is 0.782. The highest BCUT2D eigenvalue weighted by atomic mass is 35.5. The minimum Gasteiger partial charge on any atom is -0.497 e. The third-order valence-corrected chi connectivity index (χ3v) is 3.87. The SMILES string of the molecule is CNC(=O)C(=Cc1ccc(OC)cc1)NC(=O)c1ccc(Cl)cc1Cl. The van der Waals surface area contributed by atoms with E-state index in [1.165, 1.54) is 19.2 Å². The van der Waals surface area contributed by atoms with Crippen molar-refractivity contribution < 1.29 is 14.3 Å². The van der Waals surface area contributed by atoms with E-state index in [0.29, 0.717) is 10.8 Å². The molecule has 0 saturated heterocycles. The number of carbonyl (C=O) groups excluding carboxylic acids is 2. The second-order valence-electron chi connectivity index (χ2n) is 4.99. The molecule has 0 aliphatic rings. The fourth-order valence-corrected chi connectivity index (χ4v) is 2.52. The first-order chi connectivity index (χ1) is 11.9. The zero-order chi connectivity index (χ0) is 18.4. The van der Waals surface area contributed by atoms with Gasteiger partial charge in [-0.15, -0.1) is 0 Å². The summed E-state index contributed by atoms with van der Waals surface area (Å²) in [5, 5.41) is 5.68. The first-order valence-corrected chi connectivity index (χ1v) is 8.04. The summed E-state index contributed by atoms with van der Waals surface area (Å²) in [5.74, 6) is -0.255. The molecule has 0 heterocycles. The Bertz CT molecular complexity index is 818. The number of likely N-dealkylation sites (N-methyl/N-ethyl adjacent to an activating group) is 1. The Morgan fingerprint density at radius 3 is 2.32 bits per heavy atom. The van der Waals surface area contributed by atoms with Gasteiger partial charge in [0.1, 0.15) is 11.4 Å². The van der Waals surface area contributed by atoms with Gasteiger partial charge in [-0.25, -0.2) is 0 Å². The third-order valence-electron chi connectivity index (χ3n) is 3.32. The molecule has 0 aromatic heterocycles.